The number of carbonyl (C=O) groups excluding carboxylic acids is 1. The van der Waals surface area contributed by atoms with Crippen LogP contribution in [0.25, 0.3) is 0 Å². The van der Waals surface area contributed by atoms with Crippen LogP contribution in [0.5, 0.6) is 0 Å². The van der Waals surface area contributed by atoms with Crippen molar-refractivity contribution < 1.29 is 23.9 Å². The lowest BCUT2D eigenvalue weighted by Gasteiger charge is -2.07. The molecule has 0 spiro atoms. The lowest BCUT2D eigenvalue weighted by molar-refractivity contribution is -0.384. The summed E-state index contributed by atoms with van der Waals surface area (Å²) in [5.41, 5.74) is 5.57. The predicted molar refractivity (Wildman–Crippen MR) is 79.4 cm³/mol. The number of alkyl carbamates (subject to hydrolysis) is 1. The van der Waals surface area contributed by atoms with E-state index in [9.17, 15) is 19.5 Å². The summed E-state index contributed by atoms with van der Waals surface area (Å²) in [5, 5.41) is 13.0. The van der Waals surface area contributed by atoms with E-state index >= 15 is 0 Å². The zero-order valence-electron chi connectivity index (χ0n) is 11.8. The van der Waals surface area contributed by atoms with Gasteiger partial charge in [-0.05, 0) is 30.5 Å². The van der Waals surface area contributed by atoms with Crippen molar-refractivity contribution in [2.24, 2.45) is 5.50 Å². The number of carbonyl (C=O) groups is 1. The number of nitrogens with two attached hydrogens (primary N) is 1. The van der Waals surface area contributed by atoms with E-state index in [-0.39, 0.29) is 18.5 Å². The smallest absolute Gasteiger partial charge is 0.407 e. The minimum absolute atomic E-state index is 0.00152. The normalized spacial score (nSPS) is 13.2. The van der Waals surface area contributed by atoms with E-state index in [1.165, 1.54) is 24.3 Å². The van der Waals surface area contributed by atoms with E-state index in [1.807, 2.05) is 0 Å². The van der Waals surface area contributed by atoms with Crippen molar-refractivity contribution in [1.29, 1.82) is 0 Å². The number of hydrogen-bond donors (Lipinski definition) is 3. The standard InChI is InChI=1S/C12H18N3O6P/c13-22(19,20)8-2-1-7-14-12(16)21-9-10-3-5-11(6-4-10)15(17)18/h3-6H,1-2,7-9H2,(H,14,16)(H3,13,19,20). The number of ether oxygens (including phenoxy) is 1. The molecular formula is C12H18N3O6P. The summed E-state index contributed by atoms with van der Waals surface area (Å²) in [4.78, 5) is 30.2. The Morgan fingerprint density at radius 2 is 2.00 bits per heavy atom. The quantitative estimate of drug-likeness (QED) is 0.285. The molecule has 0 aliphatic heterocycles. The molecule has 22 heavy (non-hydrogen) atoms. The number of nitrogens with one attached hydrogen (secondary N) is 1. The molecule has 9 nitrogen and oxygen atoms in total. The van der Waals surface area contributed by atoms with Crippen molar-refractivity contribution in [3.63, 3.8) is 0 Å². The Balaban J connectivity index is 2.20. The molecule has 1 rings (SSSR count). The molecule has 1 amide bonds. The molecule has 0 radical (unpaired) electrons. The average Bonchev–Trinajstić information content (AvgIpc) is 2.44. The summed E-state index contributed by atoms with van der Waals surface area (Å²) in [6, 6.07) is 5.67. The first-order valence-electron chi connectivity index (χ1n) is 6.52. The minimum Gasteiger partial charge on any atom is -0.445 e. The van der Waals surface area contributed by atoms with Gasteiger partial charge in [0.15, 0.2) is 0 Å². The first-order valence-corrected chi connectivity index (χ1v) is 8.44. The summed E-state index contributed by atoms with van der Waals surface area (Å²) >= 11 is 0. The highest BCUT2D eigenvalue weighted by atomic mass is 31.2. The molecule has 4 N–H and O–H groups in total. The predicted octanol–water partition coefficient (Wildman–Crippen LogP) is 1.75. The Hall–Kier alpha value is -1.96. The van der Waals surface area contributed by atoms with Gasteiger partial charge >= 0.3 is 6.09 Å². The largest absolute Gasteiger partial charge is 0.445 e. The summed E-state index contributed by atoms with van der Waals surface area (Å²) in [6.07, 6.45) is 0.312. The summed E-state index contributed by atoms with van der Waals surface area (Å²) < 4.78 is 15.7. The number of nitrogens with zero attached hydrogens (tertiary/aromatic N) is 1. The van der Waals surface area contributed by atoms with Crippen LogP contribution in [0.2, 0.25) is 0 Å². The van der Waals surface area contributed by atoms with Gasteiger partial charge in [-0.2, -0.15) is 0 Å². The van der Waals surface area contributed by atoms with Crippen LogP contribution in [0.4, 0.5) is 10.5 Å². The second-order valence-corrected chi connectivity index (χ2v) is 6.57. The first-order chi connectivity index (χ1) is 10.3. The van der Waals surface area contributed by atoms with Crippen LogP contribution in [0.1, 0.15) is 18.4 Å². The van der Waals surface area contributed by atoms with E-state index in [0.717, 1.165) is 0 Å². The number of nitro groups is 1. The van der Waals surface area contributed by atoms with Crippen molar-refractivity contribution in [2.75, 3.05) is 12.7 Å². The zero-order chi connectivity index (χ0) is 16.6. The molecule has 0 fully saturated rings. The first kappa shape index (κ1) is 18.1. The number of unbranched alkanes of at least 4 members (excludes halogenated alkanes) is 1. The van der Waals surface area contributed by atoms with Crippen molar-refractivity contribution in [1.82, 2.24) is 5.32 Å². The number of rotatable bonds is 8. The maximum Gasteiger partial charge on any atom is 0.407 e. The molecule has 1 aromatic carbocycles. The third kappa shape index (κ3) is 7.72. The maximum atomic E-state index is 11.4. The molecular weight excluding hydrogens is 313 g/mol. The van der Waals surface area contributed by atoms with E-state index in [0.29, 0.717) is 24.9 Å². The highest BCUT2D eigenvalue weighted by Gasteiger charge is 2.09. The molecule has 0 saturated heterocycles. The van der Waals surface area contributed by atoms with Crippen molar-refractivity contribution in [3.8, 4) is 0 Å². The lowest BCUT2D eigenvalue weighted by atomic mass is 10.2. The molecule has 0 heterocycles. The van der Waals surface area contributed by atoms with Gasteiger partial charge in [-0.15, -0.1) is 0 Å². The fraction of sp³-hybridized carbons (Fsp3) is 0.417. The zero-order valence-corrected chi connectivity index (χ0v) is 12.7. The SMILES string of the molecule is NP(=O)(O)CCCCNC(=O)OCc1ccc([N+](=O)[O-])cc1. The molecule has 122 valence electrons. The van der Waals surface area contributed by atoms with Crippen LogP contribution < -0.4 is 10.8 Å². The van der Waals surface area contributed by atoms with Crippen LogP contribution >= 0.6 is 7.52 Å². The minimum atomic E-state index is -3.49. The van der Waals surface area contributed by atoms with Gasteiger partial charge < -0.3 is 14.9 Å². The van der Waals surface area contributed by atoms with Crippen molar-refractivity contribution in [2.45, 2.75) is 19.4 Å². The monoisotopic (exact) mass is 331 g/mol. The fourth-order valence-corrected chi connectivity index (χ4v) is 2.24. The molecule has 10 heteroatoms. The van der Waals surface area contributed by atoms with E-state index in [1.54, 1.807) is 0 Å². The van der Waals surface area contributed by atoms with Crippen molar-refractivity contribution >= 4 is 19.3 Å². The topological polar surface area (TPSA) is 145 Å². The number of benzene rings is 1. The second kappa shape index (κ2) is 8.47. The number of amides is 1. The van der Waals surface area contributed by atoms with Crippen LogP contribution in [-0.4, -0.2) is 28.6 Å². The highest BCUT2D eigenvalue weighted by Crippen LogP contribution is 2.30. The van der Waals surface area contributed by atoms with Crippen LogP contribution in [0, 0.1) is 10.1 Å². The molecule has 1 aromatic rings. The molecule has 0 bridgehead atoms. The van der Waals surface area contributed by atoms with Gasteiger partial charge in [-0.3, -0.25) is 20.2 Å². The summed E-state index contributed by atoms with van der Waals surface area (Å²) in [5.74, 6) is 0. The highest BCUT2D eigenvalue weighted by molar-refractivity contribution is 7.55. The average molecular weight is 331 g/mol. The van der Waals surface area contributed by atoms with Gasteiger partial charge in [-0.1, -0.05) is 0 Å². The van der Waals surface area contributed by atoms with Gasteiger partial charge in [0.05, 0.1) is 4.92 Å². The van der Waals surface area contributed by atoms with Crippen LogP contribution in [0.15, 0.2) is 24.3 Å². The van der Waals surface area contributed by atoms with Crippen molar-refractivity contribution in [3.05, 3.63) is 39.9 Å². The Morgan fingerprint density at radius 3 is 2.55 bits per heavy atom. The lowest BCUT2D eigenvalue weighted by Crippen LogP contribution is -2.25. The molecule has 0 aliphatic rings. The third-order valence-corrected chi connectivity index (χ3v) is 3.65. The third-order valence-electron chi connectivity index (χ3n) is 2.69. The van der Waals surface area contributed by atoms with Crippen LogP contribution in [0.3, 0.4) is 0 Å². The molecule has 0 saturated carbocycles. The summed E-state index contributed by atoms with van der Waals surface area (Å²) in [7, 11) is -3.49. The molecule has 1 atom stereocenters. The van der Waals surface area contributed by atoms with Gasteiger partial charge in [0.1, 0.15) is 6.61 Å². The van der Waals surface area contributed by atoms with E-state index < -0.39 is 18.5 Å². The number of nitro benzene ring substituents is 1. The van der Waals surface area contributed by atoms with Gasteiger partial charge in [0.25, 0.3) is 13.2 Å². The summed E-state index contributed by atoms with van der Waals surface area (Å²) in [6.45, 7) is 0.303. The second-order valence-electron chi connectivity index (χ2n) is 4.61. The maximum absolute atomic E-state index is 11.4. The Morgan fingerprint density at radius 1 is 1.36 bits per heavy atom. The molecule has 0 aliphatic carbocycles. The Bertz CT molecular complexity index is 556. The van der Waals surface area contributed by atoms with Crippen LogP contribution in [-0.2, 0) is 15.9 Å². The number of non-ortho nitro benzene ring substituents is 1. The molecule has 0 aromatic heterocycles. The Kier molecular flexibility index (Phi) is 6.97. The fourth-order valence-electron chi connectivity index (χ4n) is 1.57. The Labute approximate surface area is 127 Å². The van der Waals surface area contributed by atoms with Gasteiger partial charge in [0.2, 0.25) is 0 Å². The van der Waals surface area contributed by atoms with E-state index in [2.05, 4.69) is 5.32 Å². The molecule has 1 unspecified atom stereocenters. The van der Waals surface area contributed by atoms with Gasteiger partial charge in [0, 0.05) is 24.8 Å². The van der Waals surface area contributed by atoms with E-state index in [4.69, 9.17) is 15.1 Å². The van der Waals surface area contributed by atoms with Gasteiger partial charge in [-0.25, -0.2) is 4.79 Å². The number of hydrogen-bond acceptors (Lipinski definition) is 5.